The van der Waals surface area contributed by atoms with Gasteiger partial charge in [0.15, 0.2) is 15.8 Å². The maximum atomic E-state index is 12.8. The van der Waals surface area contributed by atoms with Gasteiger partial charge in [-0.1, -0.05) is 19.3 Å². The van der Waals surface area contributed by atoms with E-state index in [0.717, 1.165) is 70.5 Å². The highest BCUT2D eigenvalue weighted by Crippen LogP contribution is 2.38. The van der Waals surface area contributed by atoms with E-state index in [2.05, 4.69) is 15.2 Å². The average molecular weight is 526 g/mol. The molecule has 0 aromatic rings. The molecule has 0 atom stereocenters. The molecule has 162 valence electrons. The van der Waals surface area contributed by atoms with Gasteiger partial charge in [0.2, 0.25) is 5.91 Å². The lowest BCUT2D eigenvalue weighted by Gasteiger charge is -2.45. The van der Waals surface area contributed by atoms with Crippen LogP contribution in [-0.2, 0) is 14.6 Å². The highest BCUT2D eigenvalue weighted by Gasteiger charge is 2.48. The first-order valence-corrected chi connectivity index (χ1v) is 12.0. The van der Waals surface area contributed by atoms with Crippen molar-refractivity contribution in [1.29, 1.82) is 0 Å². The highest BCUT2D eigenvalue weighted by molar-refractivity contribution is 14.0. The summed E-state index contributed by atoms with van der Waals surface area (Å²) in [6.07, 6.45) is 6.73. The van der Waals surface area contributed by atoms with Gasteiger partial charge in [0.25, 0.3) is 0 Å². The number of carbonyl (C=O) groups is 1. The van der Waals surface area contributed by atoms with Crippen LogP contribution in [0.2, 0.25) is 0 Å². The van der Waals surface area contributed by atoms with Gasteiger partial charge in [0.1, 0.15) is 0 Å². The lowest BCUT2D eigenvalue weighted by atomic mass is 9.87. The van der Waals surface area contributed by atoms with Crippen LogP contribution < -0.4 is 5.32 Å². The number of carbonyl (C=O) groups excluding carboxylic acids is 1. The molecule has 9 heteroatoms. The van der Waals surface area contributed by atoms with Crippen LogP contribution in [0.4, 0.5) is 0 Å². The molecule has 1 N–H and O–H groups in total. The summed E-state index contributed by atoms with van der Waals surface area (Å²) in [5, 5.41) is 3.48. The number of likely N-dealkylation sites (tertiary alicyclic amines) is 1. The average Bonchev–Trinajstić information content (AvgIpc) is 2.66. The summed E-state index contributed by atoms with van der Waals surface area (Å²) in [7, 11) is -1.26. The van der Waals surface area contributed by atoms with Crippen molar-refractivity contribution in [2.75, 3.05) is 45.5 Å². The largest absolute Gasteiger partial charge is 0.356 e. The summed E-state index contributed by atoms with van der Waals surface area (Å²) in [6, 6.07) is 0. The zero-order chi connectivity index (χ0) is 19.5. The molecule has 3 rings (SSSR count). The molecule has 0 radical (unpaired) electrons. The molecule has 0 bridgehead atoms. The van der Waals surface area contributed by atoms with Crippen LogP contribution in [0.1, 0.15) is 51.9 Å². The van der Waals surface area contributed by atoms with Crippen molar-refractivity contribution in [3.05, 3.63) is 0 Å². The molecule has 0 aromatic heterocycles. The van der Waals surface area contributed by atoms with Crippen molar-refractivity contribution >= 4 is 45.7 Å². The molecule has 2 saturated heterocycles. The fourth-order valence-electron chi connectivity index (χ4n) is 4.84. The van der Waals surface area contributed by atoms with Gasteiger partial charge >= 0.3 is 0 Å². The minimum Gasteiger partial charge on any atom is -0.356 e. The molecule has 1 saturated carbocycles. The summed E-state index contributed by atoms with van der Waals surface area (Å²) >= 11 is 0. The minimum atomic E-state index is -3.03. The van der Waals surface area contributed by atoms with Crippen LogP contribution in [-0.4, -0.2) is 80.4 Å². The third-order valence-electron chi connectivity index (χ3n) is 6.65. The zero-order valence-electron chi connectivity index (χ0n) is 17.2. The molecule has 1 aliphatic carbocycles. The maximum Gasteiger partial charge on any atom is 0.219 e. The Morgan fingerprint density at radius 1 is 1.11 bits per heavy atom. The number of aliphatic imine (C=N–C) groups is 1. The van der Waals surface area contributed by atoms with E-state index in [1.165, 1.54) is 0 Å². The van der Waals surface area contributed by atoms with Gasteiger partial charge < -0.3 is 15.1 Å². The molecule has 1 amide bonds. The third-order valence-corrected chi connectivity index (χ3v) is 9.23. The molecule has 2 heterocycles. The predicted molar refractivity (Wildman–Crippen MR) is 123 cm³/mol. The second-order valence-electron chi connectivity index (χ2n) is 8.36. The Balaban J connectivity index is 0.00000280. The van der Waals surface area contributed by atoms with Crippen LogP contribution >= 0.6 is 24.0 Å². The summed E-state index contributed by atoms with van der Waals surface area (Å²) in [6.45, 7) is 5.20. The van der Waals surface area contributed by atoms with Crippen LogP contribution in [0.25, 0.3) is 0 Å². The molecule has 0 unspecified atom stereocenters. The topological polar surface area (TPSA) is 82.1 Å². The van der Waals surface area contributed by atoms with Gasteiger partial charge in [-0.25, -0.2) is 8.42 Å². The van der Waals surface area contributed by atoms with E-state index >= 15 is 0 Å². The van der Waals surface area contributed by atoms with Gasteiger partial charge in [0.05, 0.1) is 10.5 Å². The summed E-state index contributed by atoms with van der Waals surface area (Å²) in [5.74, 6) is 1.73. The van der Waals surface area contributed by atoms with E-state index in [1.807, 2.05) is 4.90 Å². The number of piperidine rings is 1. The first-order chi connectivity index (χ1) is 12.9. The quantitative estimate of drug-likeness (QED) is 0.338. The monoisotopic (exact) mass is 526 g/mol. The van der Waals surface area contributed by atoms with E-state index in [4.69, 9.17) is 0 Å². The molecule has 3 aliphatic rings. The Kier molecular flexibility index (Phi) is 8.42. The molecule has 3 fully saturated rings. The molecule has 2 aliphatic heterocycles. The molecule has 0 aromatic carbocycles. The fourth-order valence-corrected chi connectivity index (χ4v) is 6.99. The van der Waals surface area contributed by atoms with Crippen molar-refractivity contribution in [2.24, 2.45) is 10.9 Å². The van der Waals surface area contributed by atoms with Gasteiger partial charge in [-0.15, -0.1) is 24.0 Å². The number of hydrogen-bond donors (Lipinski definition) is 1. The predicted octanol–water partition coefficient (Wildman–Crippen LogP) is 1.87. The van der Waals surface area contributed by atoms with Crippen molar-refractivity contribution in [3.8, 4) is 0 Å². The number of hydrogen-bond acceptors (Lipinski definition) is 4. The number of nitrogens with one attached hydrogen (secondary N) is 1. The Morgan fingerprint density at radius 2 is 1.75 bits per heavy atom. The van der Waals surface area contributed by atoms with Crippen molar-refractivity contribution in [2.45, 2.75) is 56.6 Å². The van der Waals surface area contributed by atoms with E-state index in [-0.39, 0.29) is 35.6 Å². The first kappa shape index (κ1) is 23.7. The van der Waals surface area contributed by atoms with Gasteiger partial charge in [-0.2, -0.15) is 0 Å². The molecule has 7 nitrogen and oxygen atoms in total. The van der Waals surface area contributed by atoms with Crippen molar-refractivity contribution in [1.82, 2.24) is 15.1 Å². The summed E-state index contributed by atoms with van der Waals surface area (Å²) in [5.41, 5.74) is 0. The van der Waals surface area contributed by atoms with E-state index in [9.17, 15) is 13.2 Å². The van der Waals surface area contributed by atoms with E-state index < -0.39 is 14.6 Å². The second kappa shape index (κ2) is 9.95. The lowest BCUT2D eigenvalue weighted by molar-refractivity contribution is -0.130. The number of halogens is 1. The van der Waals surface area contributed by atoms with Crippen LogP contribution in [0.5, 0.6) is 0 Å². The first-order valence-electron chi connectivity index (χ1n) is 10.3. The van der Waals surface area contributed by atoms with Crippen LogP contribution in [0.15, 0.2) is 4.99 Å². The number of sulfone groups is 1. The Morgan fingerprint density at radius 3 is 2.32 bits per heavy atom. The summed E-state index contributed by atoms with van der Waals surface area (Å²) in [4.78, 5) is 20.0. The standard InChI is InChI=1S/C19H34N4O3S.HI/c1-16(24)22-10-6-17(7-11-22)14-21-18(20-2)23-12-13-27(25,26)19(15-23)8-4-3-5-9-19;/h17H,3-15H2,1-2H3,(H,20,21);1H. The zero-order valence-corrected chi connectivity index (χ0v) is 20.3. The lowest BCUT2D eigenvalue weighted by Crippen LogP contribution is -2.60. The normalized spacial score (nSPS) is 25.3. The number of guanidine groups is 1. The van der Waals surface area contributed by atoms with E-state index in [1.54, 1.807) is 14.0 Å². The number of amides is 1. The van der Waals surface area contributed by atoms with Gasteiger partial charge in [0, 0.05) is 46.7 Å². The van der Waals surface area contributed by atoms with E-state index in [0.29, 0.717) is 19.0 Å². The van der Waals surface area contributed by atoms with Gasteiger partial charge in [-0.05, 0) is 31.6 Å². The Bertz CT molecular complexity index is 669. The van der Waals surface area contributed by atoms with Crippen molar-refractivity contribution in [3.63, 3.8) is 0 Å². The Labute approximate surface area is 186 Å². The third kappa shape index (κ3) is 5.12. The minimum absolute atomic E-state index is 0. The molecule has 1 spiro atoms. The fraction of sp³-hybridized carbons (Fsp3) is 0.895. The maximum absolute atomic E-state index is 12.8. The number of rotatable bonds is 2. The number of nitrogens with zero attached hydrogens (tertiary/aromatic N) is 3. The summed E-state index contributed by atoms with van der Waals surface area (Å²) < 4.78 is 25.0. The second-order valence-corrected chi connectivity index (χ2v) is 10.9. The smallest absolute Gasteiger partial charge is 0.219 e. The van der Waals surface area contributed by atoms with Crippen LogP contribution in [0, 0.1) is 5.92 Å². The van der Waals surface area contributed by atoms with Crippen LogP contribution in [0.3, 0.4) is 0 Å². The molecule has 28 heavy (non-hydrogen) atoms. The molecular weight excluding hydrogens is 491 g/mol. The Hall–Kier alpha value is -0.580. The highest BCUT2D eigenvalue weighted by atomic mass is 127. The van der Waals surface area contributed by atoms with Crippen molar-refractivity contribution < 1.29 is 13.2 Å². The molecular formula is C19H35IN4O3S. The SMILES string of the molecule is CN=C(NCC1CCN(C(C)=O)CC1)N1CCS(=O)(=O)C2(CCCCC2)C1.I. The van der Waals surface area contributed by atoms with Gasteiger partial charge in [-0.3, -0.25) is 9.79 Å².